The smallest absolute Gasteiger partial charge is 0.258 e. The van der Waals surface area contributed by atoms with Gasteiger partial charge in [-0.15, -0.1) is 0 Å². The molecule has 5 nitrogen and oxygen atoms in total. The first-order valence-electron chi connectivity index (χ1n) is 8.32. The zero-order chi connectivity index (χ0) is 17.1. The van der Waals surface area contributed by atoms with Crippen LogP contribution in [-0.4, -0.2) is 21.9 Å². The SMILES string of the molecule is O=C(Nc1ccc(-c2cccc(NC3CC3)c2)cn1)c1cccnc1. The molecule has 25 heavy (non-hydrogen) atoms. The van der Waals surface area contributed by atoms with Gasteiger partial charge in [-0.25, -0.2) is 4.98 Å². The number of carbonyl (C=O) groups excluding carboxylic acids is 1. The second-order valence-corrected chi connectivity index (χ2v) is 6.13. The number of hydrogen-bond donors (Lipinski definition) is 2. The minimum absolute atomic E-state index is 0.219. The van der Waals surface area contributed by atoms with E-state index in [2.05, 4.69) is 38.8 Å². The largest absolute Gasteiger partial charge is 0.382 e. The van der Waals surface area contributed by atoms with E-state index in [0.717, 1.165) is 16.8 Å². The Balaban J connectivity index is 1.47. The summed E-state index contributed by atoms with van der Waals surface area (Å²) in [4.78, 5) is 20.4. The van der Waals surface area contributed by atoms with Gasteiger partial charge >= 0.3 is 0 Å². The molecular formula is C20H18N4O. The average Bonchev–Trinajstić information content (AvgIpc) is 3.47. The van der Waals surface area contributed by atoms with E-state index in [4.69, 9.17) is 0 Å². The molecule has 1 aromatic carbocycles. The second-order valence-electron chi connectivity index (χ2n) is 6.13. The molecule has 1 amide bonds. The molecule has 4 rings (SSSR count). The topological polar surface area (TPSA) is 66.9 Å². The van der Waals surface area contributed by atoms with Crippen molar-refractivity contribution in [1.29, 1.82) is 0 Å². The standard InChI is InChI=1S/C20H18N4O/c25-20(16-4-2-10-21-12-16)24-19-9-6-15(13-22-19)14-3-1-5-18(11-14)23-17-7-8-17/h1-6,9-13,17,23H,7-8H2,(H,22,24,25). The summed E-state index contributed by atoms with van der Waals surface area (Å²) in [5.74, 6) is 0.300. The summed E-state index contributed by atoms with van der Waals surface area (Å²) >= 11 is 0. The number of carbonyl (C=O) groups is 1. The van der Waals surface area contributed by atoms with Gasteiger partial charge in [0.15, 0.2) is 0 Å². The van der Waals surface area contributed by atoms with E-state index in [1.54, 1.807) is 24.5 Å². The van der Waals surface area contributed by atoms with E-state index in [0.29, 0.717) is 17.4 Å². The maximum absolute atomic E-state index is 12.1. The van der Waals surface area contributed by atoms with Gasteiger partial charge in [-0.1, -0.05) is 12.1 Å². The Labute approximate surface area is 146 Å². The van der Waals surface area contributed by atoms with Gasteiger partial charge in [0.25, 0.3) is 5.91 Å². The van der Waals surface area contributed by atoms with Crippen molar-refractivity contribution in [2.24, 2.45) is 0 Å². The number of pyridine rings is 2. The van der Waals surface area contributed by atoms with Crippen LogP contribution in [0.25, 0.3) is 11.1 Å². The van der Waals surface area contributed by atoms with Gasteiger partial charge in [-0.3, -0.25) is 9.78 Å². The van der Waals surface area contributed by atoms with Crippen molar-refractivity contribution in [1.82, 2.24) is 9.97 Å². The minimum atomic E-state index is -0.219. The zero-order valence-corrected chi connectivity index (χ0v) is 13.6. The maximum Gasteiger partial charge on any atom is 0.258 e. The molecule has 0 unspecified atom stereocenters. The molecule has 0 spiro atoms. The summed E-state index contributed by atoms with van der Waals surface area (Å²) in [6.45, 7) is 0. The van der Waals surface area contributed by atoms with Gasteiger partial charge in [-0.05, 0) is 54.8 Å². The number of benzene rings is 1. The van der Waals surface area contributed by atoms with E-state index in [1.807, 2.05) is 18.2 Å². The minimum Gasteiger partial charge on any atom is -0.382 e. The van der Waals surface area contributed by atoms with Crippen molar-refractivity contribution >= 4 is 17.4 Å². The molecule has 0 saturated heterocycles. The fourth-order valence-corrected chi connectivity index (χ4v) is 2.58. The lowest BCUT2D eigenvalue weighted by atomic mass is 10.1. The molecule has 2 aromatic heterocycles. The van der Waals surface area contributed by atoms with Crippen LogP contribution in [0.15, 0.2) is 67.1 Å². The number of rotatable bonds is 5. The quantitative estimate of drug-likeness (QED) is 0.743. The first-order chi connectivity index (χ1) is 12.3. The molecule has 0 atom stereocenters. The summed E-state index contributed by atoms with van der Waals surface area (Å²) in [5, 5.41) is 6.28. The van der Waals surface area contributed by atoms with Gasteiger partial charge < -0.3 is 10.6 Å². The van der Waals surface area contributed by atoms with Gasteiger partial charge in [-0.2, -0.15) is 0 Å². The number of hydrogen-bond acceptors (Lipinski definition) is 4. The molecule has 2 N–H and O–H groups in total. The summed E-state index contributed by atoms with van der Waals surface area (Å²) in [6, 6.07) is 16.1. The van der Waals surface area contributed by atoms with Crippen molar-refractivity contribution in [3.63, 3.8) is 0 Å². The molecule has 1 saturated carbocycles. The molecule has 1 aliphatic carbocycles. The van der Waals surface area contributed by atoms with Crippen molar-refractivity contribution in [3.05, 3.63) is 72.7 Å². The Morgan fingerprint density at radius 1 is 1.00 bits per heavy atom. The third-order valence-electron chi connectivity index (χ3n) is 4.07. The van der Waals surface area contributed by atoms with E-state index in [1.165, 1.54) is 19.0 Å². The van der Waals surface area contributed by atoms with Crippen LogP contribution in [0.3, 0.4) is 0 Å². The van der Waals surface area contributed by atoms with Crippen LogP contribution in [-0.2, 0) is 0 Å². The highest BCUT2D eigenvalue weighted by atomic mass is 16.1. The summed E-state index contributed by atoms with van der Waals surface area (Å²) < 4.78 is 0. The predicted octanol–water partition coefficient (Wildman–Crippen LogP) is 3.97. The molecule has 3 aromatic rings. The van der Waals surface area contributed by atoms with E-state index in [-0.39, 0.29) is 5.91 Å². The molecule has 5 heteroatoms. The van der Waals surface area contributed by atoms with Crippen LogP contribution in [0.4, 0.5) is 11.5 Å². The molecule has 0 aliphatic heterocycles. The van der Waals surface area contributed by atoms with Crippen LogP contribution in [0.2, 0.25) is 0 Å². The normalized spacial score (nSPS) is 13.3. The fourth-order valence-electron chi connectivity index (χ4n) is 2.58. The van der Waals surface area contributed by atoms with Crippen LogP contribution in [0.5, 0.6) is 0 Å². The Bertz CT molecular complexity index is 874. The van der Waals surface area contributed by atoms with E-state index >= 15 is 0 Å². The molecule has 2 heterocycles. The van der Waals surface area contributed by atoms with Crippen molar-refractivity contribution < 1.29 is 4.79 Å². The predicted molar refractivity (Wildman–Crippen MR) is 98.5 cm³/mol. The van der Waals surface area contributed by atoms with Gasteiger partial charge in [0, 0.05) is 35.9 Å². The zero-order valence-electron chi connectivity index (χ0n) is 13.6. The summed E-state index contributed by atoms with van der Waals surface area (Å²) in [5.41, 5.74) is 3.75. The summed E-state index contributed by atoms with van der Waals surface area (Å²) in [7, 11) is 0. The number of aromatic nitrogens is 2. The number of nitrogens with one attached hydrogen (secondary N) is 2. The fraction of sp³-hybridized carbons (Fsp3) is 0.150. The Kier molecular flexibility index (Phi) is 4.12. The lowest BCUT2D eigenvalue weighted by Crippen LogP contribution is -2.12. The van der Waals surface area contributed by atoms with Crippen LogP contribution < -0.4 is 10.6 Å². The van der Waals surface area contributed by atoms with E-state index < -0.39 is 0 Å². The number of amides is 1. The van der Waals surface area contributed by atoms with Gasteiger partial charge in [0.1, 0.15) is 5.82 Å². The Hall–Kier alpha value is -3.21. The van der Waals surface area contributed by atoms with Crippen LogP contribution >= 0.6 is 0 Å². The summed E-state index contributed by atoms with van der Waals surface area (Å²) in [6.07, 6.45) is 7.43. The average molecular weight is 330 g/mol. The van der Waals surface area contributed by atoms with Crippen molar-refractivity contribution in [2.75, 3.05) is 10.6 Å². The molecule has 0 radical (unpaired) electrons. The highest BCUT2D eigenvalue weighted by molar-refractivity contribution is 6.03. The first-order valence-corrected chi connectivity index (χ1v) is 8.32. The molecular weight excluding hydrogens is 312 g/mol. The molecule has 0 bridgehead atoms. The van der Waals surface area contributed by atoms with Crippen LogP contribution in [0, 0.1) is 0 Å². The van der Waals surface area contributed by atoms with Gasteiger partial charge in [0.2, 0.25) is 0 Å². The maximum atomic E-state index is 12.1. The monoisotopic (exact) mass is 330 g/mol. The lowest BCUT2D eigenvalue weighted by molar-refractivity contribution is 0.102. The second kappa shape index (κ2) is 6.73. The first kappa shape index (κ1) is 15.3. The highest BCUT2D eigenvalue weighted by Crippen LogP contribution is 2.28. The van der Waals surface area contributed by atoms with Crippen LogP contribution in [0.1, 0.15) is 23.2 Å². The Morgan fingerprint density at radius 3 is 2.64 bits per heavy atom. The molecule has 1 aliphatic rings. The third-order valence-corrected chi connectivity index (χ3v) is 4.07. The Morgan fingerprint density at radius 2 is 1.92 bits per heavy atom. The van der Waals surface area contributed by atoms with Crippen molar-refractivity contribution in [2.45, 2.75) is 18.9 Å². The number of nitrogens with zero attached hydrogens (tertiary/aromatic N) is 2. The van der Waals surface area contributed by atoms with E-state index in [9.17, 15) is 4.79 Å². The lowest BCUT2D eigenvalue weighted by Gasteiger charge is -2.08. The molecule has 124 valence electrons. The third kappa shape index (κ3) is 3.83. The van der Waals surface area contributed by atoms with Gasteiger partial charge in [0.05, 0.1) is 5.56 Å². The van der Waals surface area contributed by atoms with Crippen molar-refractivity contribution in [3.8, 4) is 11.1 Å². The highest BCUT2D eigenvalue weighted by Gasteiger charge is 2.20. The molecule has 1 fully saturated rings. The number of anilines is 2.